The lowest BCUT2D eigenvalue weighted by Crippen LogP contribution is -2.22. The van der Waals surface area contributed by atoms with Gasteiger partial charge in [0.25, 0.3) is 0 Å². The van der Waals surface area contributed by atoms with Crippen molar-refractivity contribution in [2.75, 3.05) is 20.0 Å². The Labute approximate surface area is 119 Å². The number of nitrogens with zero attached hydrogens (tertiary/aromatic N) is 4. The van der Waals surface area contributed by atoms with Gasteiger partial charge in [-0.15, -0.1) is 5.10 Å². The first-order chi connectivity index (χ1) is 8.96. The van der Waals surface area contributed by atoms with Crippen LogP contribution in [-0.4, -0.2) is 46.5 Å². The third-order valence-corrected chi connectivity index (χ3v) is 3.69. The van der Waals surface area contributed by atoms with Crippen LogP contribution >= 0.6 is 11.8 Å². The maximum absolute atomic E-state index is 5.15. The minimum Gasteiger partial charge on any atom is -0.354 e. The Morgan fingerprint density at radius 3 is 2.53 bits per heavy atom. The second-order valence-electron chi connectivity index (χ2n) is 5.56. The van der Waals surface area contributed by atoms with Gasteiger partial charge in [-0.25, -0.2) is 4.68 Å². The van der Waals surface area contributed by atoms with Crippen molar-refractivity contribution in [3.8, 4) is 0 Å². The summed E-state index contributed by atoms with van der Waals surface area (Å²) in [6.45, 7) is 7.26. The third kappa shape index (κ3) is 6.35. The van der Waals surface area contributed by atoms with E-state index in [4.69, 9.17) is 9.47 Å². The molecule has 0 bridgehead atoms. The highest BCUT2D eigenvalue weighted by Crippen LogP contribution is 2.23. The molecule has 1 aromatic rings. The Kier molecular flexibility index (Phi) is 6.74. The first-order valence-electron chi connectivity index (χ1n) is 6.41. The Balaban J connectivity index is 2.40. The maximum Gasteiger partial charge on any atom is 0.209 e. The molecule has 1 heterocycles. The van der Waals surface area contributed by atoms with E-state index in [1.807, 2.05) is 0 Å². The first-order valence-corrected chi connectivity index (χ1v) is 7.39. The molecule has 0 saturated heterocycles. The van der Waals surface area contributed by atoms with Gasteiger partial charge >= 0.3 is 0 Å². The standard InChI is InChI=1S/C12H24N4O2S/c1-12(2,3)7-6-8-19-11-13-14-15-16(11)9-10(17-4)18-5/h10H,6-9H2,1-5H3. The second-order valence-corrected chi connectivity index (χ2v) is 6.62. The van der Waals surface area contributed by atoms with Crippen LogP contribution in [0.15, 0.2) is 5.16 Å². The van der Waals surface area contributed by atoms with Gasteiger partial charge in [0, 0.05) is 20.0 Å². The van der Waals surface area contributed by atoms with E-state index < -0.39 is 0 Å². The molecule has 0 fully saturated rings. The van der Waals surface area contributed by atoms with E-state index in [0.717, 1.165) is 17.3 Å². The molecule has 6 nitrogen and oxygen atoms in total. The van der Waals surface area contributed by atoms with Crippen LogP contribution in [0.3, 0.4) is 0 Å². The summed E-state index contributed by atoms with van der Waals surface area (Å²) in [5.41, 5.74) is 0.379. The van der Waals surface area contributed by atoms with Gasteiger partial charge in [-0.3, -0.25) is 0 Å². The molecule has 0 saturated carbocycles. The Hall–Kier alpha value is -0.660. The van der Waals surface area contributed by atoms with E-state index in [0.29, 0.717) is 12.0 Å². The molecule has 0 aliphatic rings. The van der Waals surface area contributed by atoms with Crippen molar-refractivity contribution in [1.82, 2.24) is 20.2 Å². The summed E-state index contributed by atoms with van der Waals surface area (Å²) in [5, 5.41) is 12.5. The number of rotatable bonds is 8. The molecule has 0 unspecified atom stereocenters. The maximum atomic E-state index is 5.15. The predicted molar refractivity (Wildman–Crippen MR) is 75.0 cm³/mol. The predicted octanol–water partition coefficient (Wildman–Crippen LogP) is 2.21. The smallest absolute Gasteiger partial charge is 0.209 e. The zero-order valence-corrected chi connectivity index (χ0v) is 13.2. The van der Waals surface area contributed by atoms with Crippen molar-refractivity contribution >= 4 is 11.8 Å². The van der Waals surface area contributed by atoms with Gasteiger partial charge in [-0.1, -0.05) is 32.5 Å². The summed E-state index contributed by atoms with van der Waals surface area (Å²) in [6, 6.07) is 0. The quantitative estimate of drug-likeness (QED) is 0.415. The highest BCUT2D eigenvalue weighted by Gasteiger charge is 2.14. The fourth-order valence-electron chi connectivity index (χ4n) is 1.57. The summed E-state index contributed by atoms with van der Waals surface area (Å²) < 4.78 is 12.0. The van der Waals surface area contributed by atoms with Gasteiger partial charge in [0.1, 0.15) is 0 Å². The van der Waals surface area contributed by atoms with E-state index in [-0.39, 0.29) is 6.29 Å². The summed E-state index contributed by atoms with van der Waals surface area (Å²) >= 11 is 1.67. The Morgan fingerprint density at radius 2 is 1.95 bits per heavy atom. The topological polar surface area (TPSA) is 62.1 Å². The number of methoxy groups -OCH3 is 2. The number of hydrogen-bond donors (Lipinski definition) is 0. The molecule has 0 atom stereocenters. The lowest BCUT2D eigenvalue weighted by atomic mass is 9.91. The average Bonchev–Trinajstić information content (AvgIpc) is 2.78. The molecule has 1 rings (SSSR count). The van der Waals surface area contributed by atoms with Crippen molar-refractivity contribution in [3.63, 3.8) is 0 Å². The Bertz CT molecular complexity index is 361. The Morgan fingerprint density at radius 1 is 1.26 bits per heavy atom. The summed E-state index contributed by atoms with van der Waals surface area (Å²) in [5.74, 6) is 1.02. The lowest BCUT2D eigenvalue weighted by molar-refractivity contribution is -0.113. The lowest BCUT2D eigenvalue weighted by Gasteiger charge is -2.17. The van der Waals surface area contributed by atoms with Crippen LogP contribution in [0.25, 0.3) is 0 Å². The molecule has 0 aromatic carbocycles. The molecule has 0 aliphatic carbocycles. The molecule has 0 aliphatic heterocycles. The normalized spacial score (nSPS) is 12.3. The highest BCUT2D eigenvalue weighted by molar-refractivity contribution is 7.99. The van der Waals surface area contributed by atoms with Crippen molar-refractivity contribution < 1.29 is 9.47 Å². The van der Waals surface area contributed by atoms with Crippen molar-refractivity contribution in [2.45, 2.75) is 51.6 Å². The zero-order valence-electron chi connectivity index (χ0n) is 12.4. The molecular formula is C12H24N4O2S. The number of tetrazole rings is 1. The summed E-state index contributed by atoms with van der Waals surface area (Å²) in [4.78, 5) is 0. The molecule has 0 radical (unpaired) electrons. The van der Waals surface area contributed by atoms with Crippen molar-refractivity contribution in [3.05, 3.63) is 0 Å². The fourth-order valence-corrected chi connectivity index (χ4v) is 2.39. The molecule has 19 heavy (non-hydrogen) atoms. The van der Waals surface area contributed by atoms with Crippen LogP contribution in [0.2, 0.25) is 0 Å². The van der Waals surface area contributed by atoms with Gasteiger partial charge in [0.2, 0.25) is 5.16 Å². The van der Waals surface area contributed by atoms with E-state index in [1.54, 1.807) is 30.7 Å². The first kappa shape index (κ1) is 16.4. The van der Waals surface area contributed by atoms with Gasteiger partial charge in [-0.05, 0) is 28.7 Å². The molecule has 110 valence electrons. The summed E-state index contributed by atoms with van der Waals surface area (Å²) in [6.07, 6.45) is 2.02. The van der Waals surface area contributed by atoms with E-state index in [2.05, 4.69) is 36.3 Å². The van der Waals surface area contributed by atoms with E-state index >= 15 is 0 Å². The van der Waals surface area contributed by atoms with Crippen LogP contribution < -0.4 is 0 Å². The van der Waals surface area contributed by atoms with E-state index in [9.17, 15) is 0 Å². The SMILES string of the molecule is COC(Cn1nnnc1SCCCC(C)(C)C)OC. The molecular weight excluding hydrogens is 264 g/mol. The van der Waals surface area contributed by atoms with Crippen molar-refractivity contribution in [1.29, 1.82) is 0 Å². The monoisotopic (exact) mass is 288 g/mol. The van der Waals surface area contributed by atoms with Crippen molar-refractivity contribution in [2.24, 2.45) is 5.41 Å². The molecule has 7 heteroatoms. The van der Waals surface area contributed by atoms with Crippen LogP contribution in [0.4, 0.5) is 0 Å². The van der Waals surface area contributed by atoms with Crippen LogP contribution in [-0.2, 0) is 16.0 Å². The highest BCUT2D eigenvalue weighted by atomic mass is 32.2. The van der Waals surface area contributed by atoms with Crippen LogP contribution in [0.1, 0.15) is 33.6 Å². The zero-order chi connectivity index (χ0) is 14.3. The van der Waals surface area contributed by atoms with Gasteiger partial charge in [0.05, 0.1) is 6.54 Å². The molecule has 0 amide bonds. The van der Waals surface area contributed by atoms with Crippen LogP contribution in [0.5, 0.6) is 0 Å². The number of aromatic nitrogens is 4. The minimum absolute atomic E-state index is 0.322. The molecule has 0 spiro atoms. The van der Waals surface area contributed by atoms with Crippen LogP contribution in [0, 0.1) is 5.41 Å². The molecule has 1 aromatic heterocycles. The minimum atomic E-state index is -0.322. The van der Waals surface area contributed by atoms with Gasteiger partial charge in [0.15, 0.2) is 6.29 Å². The fraction of sp³-hybridized carbons (Fsp3) is 0.917. The second kappa shape index (κ2) is 7.81. The number of ether oxygens (including phenoxy) is 2. The average molecular weight is 288 g/mol. The number of hydrogen-bond acceptors (Lipinski definition) is 6. The largest absolute Gasteiger partial charge is 0.354 e. The molecule has 0 N–H and O–H groups in total. The summed E-state index contributed by atoms with van der Waals surface area (Å²) in [7, 11) is 3.21. The van der Waals surface area contributed by atoms with E-state index in [1.165, 1.54) is 6.42 Å². The number of thioether (sulfide) groups is 1. The van der Waals surface area contributed by atoms with Gasteiger partial charge < -0.3 is 9.47 Å². The van der Waals surface area contributed by atoms with Gasteiger partial charge in [-0.2, -0.15) is 0 Å². The third-order valence-electron chi connectivity index (χ3n) is 2.65.